The molecular formula is C23H23BrFN3O. The van der Waals surface area contributed by atoms with Gasteiger partial charge in [0.05, 0.1) is 5.56 Å². The number of rotatable bonds is 6. The van der Waals surface area contributed by atoms with E-state index in [4.69, 9.17) is 0 Å². The Hall–Kier alpha value is -2.73. The van der Waals surface area contributed by atoms with E-state index in [0.717, 1.165) is 26.9 Å². The molecule has 150 valence electrons. The highest BCUT2D eigenvalue weighted by Crippen LogP contribution is 2.28. The van der Waals surface area contributed by atoms with Gasteiger partial charge in [-0.15, -0.1) is 0 Å². The van der Waals surface area contributed by atoms with Gasteiger partial charge in [-0.1, -0.05) is 48.0 Å². The average molecular weight is 456 g/mol. The van der Waals surface area contributed by atoms with Crippen molar-refractivity contribution in [1.29, 1.82) is 0 Å². The number of nitrogens with zero attached hydrogens (tertiary/aromatic N) is 1. The maximum absolute atomic E-state index is 13.0. The predicted octanol–water partition coefficient (Wildman–Crippen LogP) is 6.09. The van der Waals surface area contributed by atoms with Crippen LogP contribution in [0.25, 0.3) is 0 Å². The number of halogens is 2. The molecule has 0 bridgehead atoms. The zero-order chi connectivity index (χ0) is 21.0. The van der Waals surface area contributed by atoms with Gasteiger partial charge in [0.15, 0.2) is 0 Å². The number of carbonyl (C=O) groups excluding carboxylic acids is 1. The molecule has 0 aliphatic rings. The molecule has 0 spiro atoms. The Labute approximate surface area is 178 Å². The van der Waals surface area contributed by atoms with Gasteiger partial charge in [0.25, 0.3) is 5.91 Å². The van der Waals surface area contributed by atoms with Crippen LogP contribution >= 0.6 is 15.9 Å². The molecular weight excluding hydrogens is 433 g/mol. The number of benzene rings is 2. The fraction of sp³-hybridized carbons (Fsp3) is 0.217. The van der Waals surface area contributed by atoms with Crippen LogP contribution in [0.2, 0.25) is 0 Å². The van der Waals surface area contributed by atoms with E-state index in [9.17, 15) is 9.18 Å². The summed E-state index contributed by atoms with van der Waals surface area (Å²) in [5.41, 5.74) is 4.32. The molecule has 2 aromatic carbocycles. The number of pyridine rings is 1. The van der Waals surface area contributed by atoms with Crippen LogP contribution < -0.4 is 10.6 Å². The summed E-state index contributed by atoms with van der Waals surface area (Å²) in [6.07, 6.45) is 1.60. The van der Waals surface area contributed by atoms with Crippen molar-refractivity contribution in [2.75, 3.05) is 5.32 Å². The summed E-state index contributed by atoms with van der Waals surface area (Å²) >= 11 is 3.53. The number of carbonyl (C=O) groups is 1. The summed E-state index contributed by atoms with van der Waals surface area (Å²) in [6.45, 7) is 6.43. The highest BCUT2D eigenvalue weighted by molar-refractivity contribution is 9.10. The largest absolute Gasteiger partial charge is 0.348 e. The van der Waals surface area contributed by atoms with E-state index >= 15 is 0 Å². The third-order valence-electron chi connectivity index (χ3n) is 4.70. The average Bonchev–Trinajstić information content (AvgIpc) is 2.70. The van der Waals surface area contributed by atoms with Crippen molar-refractivity contribution >= 4 is 33.3 Å². The highest BCUT2D eigenvalue weighted by atomic mass is 79.9. The number of anilines is 2. The van der Waals surface area contributed by atoms with Gasteiger partial charge in [0.2, 0.25) is 0 Å². The molecule has 0 fully saturated rings. The van der Waals surface area contributed by atoms with Crippen LogP contribution in [-0.2, 0) is 6.54 Å². The first kappa shape index (κ1) is 21.0. The van der Waals surface area contributed by atoms with Crippen LogP contribution in [0.4, 0.5) is 15.9 Å². The monoisotopic (exact) mass is 455 g/mol. The Kier molecular flexibility index (Phi) is 6.64. The molecule has 3 rings (SSSR count). The van der Waals surface area contributed by atoms with Crippen LogP contribution in [0, 0.1) is 12.7 Å². The first-order chi connectivity index (χ1) is 13.8. The molecule has 0 unspecified atom stereocenters. The summed E-state index contributed by atoms with van der Waals surface area (Å²) in [7, 11) is 0. The Morgan fingerprint density at radius 1 is 1.17 bits per heavy atom. The van der Waals surface area contributed by atoms with E-state index in [1.807, 2.05) is 45.0 Å². The molecule has 0 radical (unpaired) electrons. The van der Waals surface area contributed by atoms with Crippen molar-refractivity contribution in [2.45, 2.75) is 33.2 Å². The molecule has 1 aromatic heterocycles. The molecule has 0 aliphatic carbocycles. The fourth-order valence-electron chi connectivity index (χ4n) is 2.97. The molecule has 4 nitrogen and oxygen atoms in total. The normalized spacial score (nSPS) is 10.8. The van der Waals surface area contributed by atoms with Crippen molar-refractivity contribution in [1.82, 2.24) is 10.3 Å². The highest BCUT2D eigenvalue weighted by Gasteiger charge is 2.16. The fourth-order valence-corrected chi connectivity index (χ4v) is 3.33. The molecule has 1 heterocycles. The lowest BCUT2D eigenvalue weighted by Crippen LogP contribution is -2.24. The Bertz CT molecular complexity index is 1020. The summed E-state index contributed by atoms with van der Waals surface area (Å²) in [5, 5.41) is 6.22. The number of amides is 1. The lowest BCUT2D eigenvalue weighted by molar-refractivity contribution is 0.0949. The molecule has 0 saturated carbocycles. The van der Waals surface area contributed by atoms with Gasteiger partial charge in [0, 0.05) is 22.9 Å². The van der Waals surface area contributed by atoms with Crippen molar-refractivity contribution in [3.63, 3.8) is 0 Å². The molecule has 6 heteroatoms. The summed E-state index contributed by atoms with van der Waals surface area (Å²) in [5.74, 6) is 0.338. The number of hydrogen-bond acceptors (Lipinski definition) is 3. The van der Waals surface area contributed by atoms with Gasteiger partial charge >= 0.3 is 0 Å². The van der Waals surface area contributed by atoms with Crippen molar-refractivity contribution in [3.05, 3.63) is 87.3 Å². The maximum Gasteiger partial charge on any atom is 0.253 e. The van der Waals surface area contributed by atoms with Gasteiger partial charge in [-0.3, -0.25) is 4.79 Å². The van der Waals surface area contributed by atoms with Crippen LogP contribution in [0.3, 0.4) is 0 Å². The number of hydrogen-bond donors (Lipinski definition) is 2. The van der Waals surface area contributed by atoms with E-state index in [-0.39, 0.29) is 17.6 Å². The SMILES string of the molecule is Cc1c(Br)cccc1Nc1cc(C(C)C)c(C(=O)NCc2ccc(F)cc2)cn1. The second kappa shape index (κ2) is 9.18. The molecule has 0 atom stereocenters. The van der Waals surface area contributed by atoms with E-state index in [1.165, 1.54) is 12.1 Å². The van der Waals surface area contributed by atoms with Gasteiger partial charge in [-0.25, -0.2) is 9.37 Å². The van der Waals surface area contributed by atoms with Crippen molar-refractivity contribution in [3.8, 4) is 0 Å². The topological polar surface area (TPSA) is 54.0 Å². The zero-order valence-electron chi connectivity index (χ0n) is 16.6. The second-order valence-corrected chi connectivity index (χ2v) is 8.01. The third-order valence-corrected chi connectivity index (χ3v) is 5.56. The summed E-state index contributed by atoms with van der Waals surface area (Å²) < 4.78 is 14.0. The molecule has 29 heavy (non-hydrogen) atoms. The molecule has 3 aromatic rings. The lowest BCUT2D eigenvalue weighted by Gasteiger charge is -2.16. The Morgan fingerprint density at radius 3 is 2.59 bits per heavy atom. The van der Waals surface area contributed by atoms with Crippen molar-refractivity contribution < 1.29 is 9.18 Å². The minimum atomic E-state index is -0.296. The van der Waals surface area contributed by atoms with E-state index < -0.39 is 0 Å². The molecule has 1 amide bonds. The molecule has 0 saturated heterocycles. The van der Waals surface area contributed by atoms with Crippen LogP contribution in [0.5, 0.6) is 0 Å². The Morgan fingerprint density at radius 2 is 1.90 bits per heavy atom. The van der Waals surface area contributed by atoms with E-state index in [2.05, 4.69) is 31.5 Å². The van der Waals surface area contributed by atoms with Gasteiger partial charge in [0.1, 0.15) is 11.6 Å². The van der Waals surface area contributed by atoms with Crippen LogP contribution in [0.1, 0.15) is 46.8 Å². The van der Waals surface area contributed by atoms with Gasteiger partial charge < -0.3 is 10.6 Å². The minimum Gasteiger partial charge on any atom is -0.348 e. The van der Waals surface area contributed by atoms with E-state index in [1.54, 1.807) is 18.3 Å². The summed E-state index contributed by atoms with van der Waals surface area (Å²) in [4.78, 5) is 17.2. The van der Waals surface area contributed by atoms with Gasteiger partial charge in [-0.05, 0) is 59.9 Å². The summed E-state index contributed by atoms with van der Waals surface area (Å²) in [6, 6.07) is 13.9. The Balaban J connectivity index is 1.79. The predicted molar refractivity (Wildman–Crippen MR) is 118 cm³/mol. The molecule has 2 N–H and O–H groups in total. The first-order valence-corrected chi connectivity index (χ1v) is 10.2. The molecule has 0 aliphatic heterocycles. The number of nitrogens with one attached hydrogen (secondary N) is 2. The van der Waals surface area contributed by atoms with Crippen molar-refractivity contribution in [2.24, 2.45) is 0 Å². The zero-order valence-corrected chi connectivity index (χ0v) is 18.2. The first-order valence-electron chi connectivity index (χ1n) is 9.40. The van der Waals surface area contributed by atoms with Crippen LogP contribution in [0.15, 0.2) is 59.2 Å². The quantitative estimate of drug-likeness (QED) is 0.472. The third kappa shape index (κ3) is 5.21. The minimum absolute atomic E-state index is 0.147. The van der Waals surface area contributed by atoms with E-state index in [0.29, 0.717) is 17.9 Å². The standard InChI is InChI=1S/C23H23BrFN3O/c1-14(2)18-11-22(28-21-6-4-5-20(24)15(21)3)26-13-19(18)23(29)27-12-16-7-9-17(25)10-8-16/h4-11,13-14H,12H2,1-3H3,(H,26,28)(H,27,29). The van der Waals surface area contributed by atoms with Gasteiger partial charge in [-0.2, -0.15) is 0 Å². The van der Waals surface area contributed by atoms with Crippen LogP contribution in [-0.4, -0.2) is 10.9 Å². The number of aromatic nitrogens is 1. The smallest absolute Gasteiger partial charge is 0.253 e. The second-order valence-electron chi connectivity index (χ2n) is 7.16. The maximum atomic E-state index is 13.0. The lowest BCUT2D eigenvalue weighted by atomic mass is 9.98.